The largest absolute Gasteiger partial charge is 0.381 e. The van der Waals surface area contributed by atoms with Crippen molar-refractivity contribution in [3.8, 4) is 0 Å². The molecule has 0 aliphatic carbocycles. The summed E-state index contributed by atoms with van der Waals surface area (Å²) in [5, 5.41) is 6.63. The number of thioether (sulfide) groups is 1. The van der Waals surface area contributed by atoms with E-state index in [2.05, 4.69) is 24.5 Å². The average Bonchev–Trinajstić information content (AvgIpc) is 2.50. The summed E-state index contributed by atoms with van der Waals surface area (Å²) in [7, 11) is 0. The molecule has 0 unspecified atom stereocenters. The van der Waals surface area contributed by atoms with Crippen molar-refractivity contribution in [1.29, 1.82) is 0 Å². The van der Waals surface area contributed by atoms with Crippen LogP contribution < -0.4 is 10.6 Å². The lowest BCUT2D eigenvalue weighted by molar-refractivity contribution is 0.0793. The Morgan fingerprint density at radius 1 is 1.23 bits per heavy atom. The van der Waals surface area contributed by atoms with Crippen LogP contribution in [0.2, 0.25) is 0 Å². The molecule has 0 amide bonds. The van der Waals surface area contributed by atoms with Crippen LogP contribution in [0.4, 0.5) is 0 Å². The molecule has 0 aromatic heterocycles. The molecule has 1 rings (SSSR count). The first-order valence-corrected chi connectivity index (χ1v) is 9.06. The molecule has 7 heteroatoms. The van der Waals surface area contributed by atoms with Crippen LogP contribution >= 0.6 is 35.7 Å². The van der Waals surface area contributed by atoms with Crippen molar-refractivity contribution in [2.45, 2.75) is 38.4 Å². The molecular weight excluding hydrogens is 413 g/mol. The highest BCUT2D eigenvalue weighted by atomic mass is 127. The fraction of sp³-hybridized carbons (Fsp3) is 0.933. The Morgan fingerprint density at radius 2 is 1.95 bits per heavy atom. The molecule has 0 spiro atoms. The van der Waals surface area contributed by atoms with Crippen LogP contribution in [-0.4, -0.2) is 62.5 Å². The van der Waals surface area contributed by atoms with E-state index in [4.69, 9.17) is 14.5 Å². The number of ether oxygens (including phenoxy) is 2. The van der Waals surface area contributed by atoms with Crippen molar-refractivity contribution in [2.75, 3.05) is 51.8 Å². The van der Waals surface area contributed by atoms with Crippen molar-refractivity contribution in [1.82, 2.24) is 10.6 Å². The maximum atomic E-state index is 5.51. The van der Waals surface area contributed by atoms with Gasteiger partial charge in [0.2, 0.25) is 0 Å². The zero-order valence-corrected chi connectivity index (χ0v) is 17.3. The lowest BCUT2D eigenvalue weighted by Crippen LogP contribution is -2.42. The van der Waals surface area contributed by atoms with Crippen LogP contribution in [0.5, 0.6) is 0 Å². The molecule has 22 heavy (non-hydrogen) atoms. The van der Waals surface area contributed by atoms with Gasteiger partial charge in [0.15, 0.2) is 5.96 Å². The van der Waals surface area contributed by atoms with E-state index in [-0.39, 0.29) is 28.7 Å². The van der Waals surface area contributed by atoms with E-state index in [1.807, 2.05) is 18.7 Å². The van der Waals surface area contributed by atoms with Crippen LogP contribution in [0, 0.1) is 0 Å². The van der Waals surface area contributed by atoms with Gasteiger partial charge in [-0.05, 0) is 32.4 Å². The number of rotatable bonds is 9. The number of hydrogen-bond donors (Lipinski definition) is 2. The first-order valence-electron chi connectivity index (χ1n) is 8.08. The van der Waals surface area contributed by atoms with Gasteiger partial charge < -0.3 is 20.1 Å². The summed E-state index contributed by atoms with van der Waals surface area (Å²) >= 11 is 2.02. The number of aliphatic imine (C=N–C) groups is 1. The Balaban J connectivity index is 0.00000441. The topological polar surface area (TPSA) is 54.9 Å². The highest BCUT2D eigenvalue weighted by Crippen LogP contribution is 2.35. The lowest BCUT2D eigenvalue weighted by Gasteiger charge is -2.35. The van der Waals surface area contributed by atoms with Crippen LogP contribution in [0.25, 0.3) is 0 Å². The Bertz CT molecular complexity index is 295. The van der Waals surface area contributed by atoms with Crippen molar-refractivity contribution in [2.24, 2.45) is 4.99 Å². The molecule has 0 aromatic carbocycles. The maximum Gasteiger partial charge on any atom is 0.191 e. The normalized spacial score (nSPS) is 17.7. The number of guanidine groups is 1. The SMILES string of the molecule is CCNC(=NCC1(SCC)CCOCC1)NCCOCC.I. The van der Waals surface area contributed by atoms with E-state index in [0.717, 1.165) is 64.0 Å². The number of hydrogen-bond acceptors (Lipinski definition) is 4. The fourth-order valence-electron chi connectivity index (χ4n) is 2.35. The Morgan fingerprint density at radius 3 is 2.55 bits per heavy atom. The molecule has 1 saturated heterocycles. The molecule has 0 atom stereocenters. The highest BCUT2D eigenvalue weighted by Gasteiger charge is 2.32. The molecule has 2 N–H and O–H groups in total. The predicted octanol–water partition coefficient (Wildman–Crippen LogP) is 2.50. The van der Waals surface area contributed by atoms with Crippen LogP contribution in [0.15, 0.2) is 4.99 Å². The quantitative estimate of drug-likeness (QED) is 0.247. The summed E-state index contributed by atoms with van der Waals surface area (Å²) in [6.07, 6.45) is 2.18. The average molecular weight is 445 g/mol. The molecule has 1 heterocycles. The summed E-state index contributed by atoms with van der Waals surface area (Å²) in [5.74, 6) is 2.02. The third kappa shape index (κ3) is 8.79. The molecule has 1 aliphatic heterocycles. The summed E-state index contributed by atoms with van der Waals surface area (Å²) in [5.41, 5.74) is 0. The minimum atomic E-state index is 0. The first-order chi connectivity index (χ1) is 10.3. The van der Waals surface area contributed by atoms with Crippen molar-refractivity contribution < 1.29 is 9.47 Å². The second-order valence-corrected chi connectivity index (χ2v) is 6.78. The summed E-state index contributed by atoms with van der Waals surface area (Å²) < 4.78 is 11.1. The van der Waals surface area contributed by atoms with Gasteiger partial charge in [0.1, 0.15) is 0 Å². The molecule has 0 aromatic rings. The molecule has 0 bridgehead atoms. The zero-order chi connectivity index (χ0) is 15.4. The molecular formula is C15H32IN3O2S. The van der Waals surface area contributed by atoms with E-state index in [9.17, 15) is 0 Å². The molecule has 0 saturated carbocycles. The monoisotopic (exact) mass is 445 g/mol. The van der Waals surface area contributed by atoms with Gasteiger partial charge in [-0.15, -0.1) is 24.0 Å². The van der Waals surface area contributed by atoms with E-state index >= 15 is 0 Å². The first kappa shape index (κ1) is 22.3. The van der Waals surface area contributed by atoms with Crippen LogP contribution in [0.1, 0.15) is 33.6 Å². The third-order valence-electron chi connectivity index (χ3n) is 3.47. The van der Waals surface area contributed by atoms with Gasteiger partial charge in [0, 0.05) is 37.7 Å². The van der Waals surface area contributed by atoms with E-state index in [1.165, 1.54) is 0 Å². The highest BCUT2D eigenvalue weighted by molar-refractivity contribution is 14.0. The maximum absolute atomic E-state index is 5.51. The van der Waals surface area contributed by atoms with Gasteiger partial charge in [-0.2, -0.15) is 11.8 Å². The summed E-state index contributed by atoms with van der Waals surface area (Å²) in [6.45, 7) is 12.0. The van der Waals surface area contributed by atoms with Crippen LogP contribution in [0.3, 0.4) is 0 Å². The Hall–Kier alpha value is 0.270. The number of nitrogens with one attached hydrogen (secondary N) is 2. The second-order valence-electron chi connectivity index (χ2n) is 5.05. The predicted molar refractivity (Wildman–Crippen MR) is 107 cm³/mol. The van der Waals surface area contributed by atoms with Crippen molar-refractivity contribution >= 4 is 41.7 Å². The van der Waals surface area contributed by atoms with Gasteiger partial charge in [-0.3, -0.25) is 4.99 Å². The van der Waals surface area contributed by atoms with Crippen molar-refractivity contribution in [3.63, 3.8) is 0 Å². The fourth-order valence-corrected chi connectivity index (χ4v) is 3.57. The van der Waals surface area contributed by atoms with E-state index < -0.39 is 0 Å². The number of halogens is 1. The molecule has 1 aliphatic rings. The van der Waals surface area contributed by atoms with Crippen LogP contribution in [-0.2, 0) is 9.47 Å². The Labute approximate surface area is 156 Å². The molecule has 132 valence electrons. The van der Waals surface area contributed by atoms with Gasteiger partial charge in [0.05, 0.1) is 13.2 Å². The summed E-state index contributed by atoms with van der Waals surface area (Å²) in [4.78, 5) is 4.79. The minimum Gasteiger partial charge on any atom is -0.381 e. The standard InChI is InChI=1S/C15H31N3O2S.HI/c1-4-16-14(17-9-12-19-5-2)18-13-15(21-6-3)7-10-20-11-8-15;/h4-13H2,1-3H3,(H2,16,17,18);1H. The third-order valence-corrected chi connectivity index (χ3v) is 4.91. The smallest absolute Gasteiger partial charge is 0.191 e. The van der Waals surface area contributed by atoms with Gasteiger partial charge in [0.25, 0.3) is 0 Å². The minimum absolute atomic E-state index is 0. The Kier molecular flexibility index (Phi) is 13.9. The van der Waals surface area contributed by atoms with E-state index in [0.29, 0.717) is 6.61 Å². The number of nitrogens with zero attached hydrogens (tertiary/aromatic N) is 1. The van der Waals surface area contributed by atoms with Gasteiger partial charge in [-0.25, -0.2) is 0 Å². The van der Waals surface area contributed by atoms with Gasteiger partial charge in [-0.1, -0.05) is 6.92 Å². The molecule has 5 nitrogen and oxygen atoms in total. The molecule has 0 radical (unpaired) electrons. The second kappa shape index (κ2) is 13.7. The zero-order valence-electron chi connectivity index (χ0n) is 14.2. The summed E-state index contributed by atoms with van der Waals surface area (Å²) in [6, 6.07) is 0. The van der Waals surface area contributed by atoms with Gasteiger partial charge >= 0.3 is 0 Å². The van der Waals surface area contributed by atoms with E-state index in [1.54, 1.807) is 0 Å². The van der Waals surface area contributed by atoms with Crippen molar-refractivity contribution in [3.05, 3.63) is 0 Å². The molecule has 1 fully saturated rings. The lowest BCUT2D eigenvalue weighted by atomic mass is 9.99.